The molecule has 1 aromatic heterocycles. The van der Waals surface area contributed by atoms with Gasteiger partial charge in [-0.2, -0.15) is 5.10 Å². The minimum absolute atomic E-state index is 0.219. The number of carbonyl (C=O) groups is 1. The minimum atomic E-state index is -0.219. The molecule has 0 saturated carbocycles. The van der Waals surface area contributed by atoms with Gasteiger partial charge in [0.1, 0.15) is 5.69 Å². The van der Waals surface area contributed by atoms with Crippen molar-refractivity contribution in [3.63, 3.8) is 0 Å². The van der Waals surface area contributed by atoms with Crippen molar-refractivity contribution in [2.24, 2.45) is 12.1 Å². The third-order valence-electron chi connectivity index (χ3n) is 4.17. The number of nitrogens with one attached hydrogen (secondary N) is 1. The highest BCUT2D eigenvalue weighted by Gasteiger charge is 2.12. The Kier molecular flexibility index (Phi) is 4.47. The molecule has 0 aliphatic heterocycles. The number of nitrogens with zero attached hydrogens (tertiary/aromatic N) is 2. The van der Waals surface area contributed by atoms with Crippen LogP contribution in [0.5, 0.6) is 0 Å². The topological polar surface area (TPSA) is 46.4 Å². The zero-order valence-electron chi connectivity index (χ0n) is 14.2. The van der Waals surface area contributed by atoms with Gasteiger partial charge < -0.3 is 4.57 Å². The summed E-state index contributed by atoms with van der Waals surface area (Å²) in [7, 11) is 1.88. The molecule has 2 aromatic carbocycles. The molecule has 4 heteroatoms. The van der Waals surface area contributed by atoms with Crippen molar-refractivity contribution in [1.29, 1.82) is 0 Å². The monoisotopic (exact) mass is 319 g/mol. The number of hydrogen-bond acceptors (Lipinski definition) is 2. The summed E-state index contributed by atoms with van der Waals surface area (Å²) in [6.07, 6.45) is 1.66. The zero-order chi connectivity index (χ0) is 17.1. The molecule has 0 radical (unpaired) electrons. The van der Waals surface area contributed by atoms with Crippen molar-refractivity contribution in [1.82, 2.24) is 9.99 Å². The van der Waals surface area contributed by atoms with Crippen LogP contribution in [0.25, 0.3) is 10.9 Å². The molecule has 1 N–H and O–H groups in total. The number of benzene rings is 2. The van der Waals surface area contributed by atoms with Gasteiger partial charge in [0.2, 0.25) is 0 Å². The molecule has 0 aliphatic carbocycles. The van der Waals surface area contributed by atoms with Gasteiger partial charge in [0, 0.05) is 18.0 Å². The van der Waals surface area contributed by atoms with Crippen molar-refractivity contribution >= 4 is 23.0 Å². The summed E-state index contributed by atoms with van der Waals surface area (Å²) >= 11 is 0. The second-order valence-corrected chi connectivity index (χ2v) is 6.17. The summed E-state index contributed by atoms with van der Waals surface area (Å²) < 4.78 is 1.87. The third kappa shape index (κ3) is 3.23. The summed E-state index contributed by atoms with van der Waals surface area (Å²) in [6, 6.07) is 17.9. The minimum Gasteiger partial charge on any atom is -0.340 e. The van der Waals surface area contributed by atoms with E-state index < -0.39 is 0 Å². The van der Waals surface area contributed by atoms with Crippen LogP contribution in [0.3, 0.4) is 0 Å². The number of amides is 1. The number of para-hydroxylation sites is 1. The smallest absolute Gasteiger partial charge is 0.287 e. The van der Waals surface area contributed by atoms with Crippen LogP contribution in [0.15, 0.2) is 59.7 Å². The summed E-state index contributed by atoms with van der Waals surface area (Å²) in [5, 5.41) is 5.11. The number of fused-ring (bicyclic) bond motifs is 1. The molecule has 0 saturated heterocycles. The number of hydrogen-bond donors (Lipinski definition) is 1. The first-order valence-corrected chi connectivity index (χ1v) is 8.04. The third-order valence-corrected chi connectivity index (χ3v) is 4.17. The van der Waals surface area contributed by atoms with Gasteiger partial charge in [-0.1, -0.05) is 56.3 Å². The second-order valence-electron chi connectivity index (χ2n) is 6.17. The molecule has 3 aromatic rings. The van der Waals surface area contributed by atoms with E-state index in [1.807, 2.05) is 54.1 Å². The predicted molar refractivity (Wildman–Crippen MR) is 98.5 cm³/mol. The maximum absolute atomic E-state index is 12.3. The summed E-state index contributed by atoms with van der Waals surface area (Å²) in [5.74, 6) is 0.283. The van der Waals surface area contributed by atoms with Crippen LogP contribution in [-0.2, 0) is 7.05 Å². The van der Waals surface area contributed by atoms with Gasteiger partial charge in [-0.3, -0.25) is 4.79 Å². The van der Waals surface area contributed by atoms with E-state index in [-0.39, 0.29) is 5.91 Å². The van der Waals surface area contributed by atoms with Gasteiger partial charge in [0.15, 0.2) is 0 Å². The molecule has 122 valence electrons. The molecule has 0 unspecified atom stereocenters. The summed E-state index contributed by atoms with van der Waals surface area (Å²) in [4.78, 5) is 12.3. The fourth-order valence-corrected chi connectivity index (χ4v) is 2.70. The van der Waals surface area contributed by atoms with E-state index in [0.717, 1.165) is 16.5 Å². The Labute approximate surface area is 141 Å². The lowest BCUT2D eigenvalue weighted by atomic mass is 10.0. The first-order valence-electron chi connectivity index (χ1n) is 8.04. The van der Waals surface area contributed by atoms with Crippen LogP contribution in [0.4, 0.5) is 0 Å². The first-order chi connectivity index (χ1) is 11.6. The Balaban J connectivity index is 1.71. The Morgan fingerprint density at radius 1 is 1.12 bits per heavy atom. The van der Waals surface area contributed by atoms with Gasteiger partial charge >= 0.3 is 0 Å². The molecular weight excluding hydrogens is 298 g/mol. The van der Waals surface area contributed by atoms with Crippen LogP contribution in [0, 0.1) is 0 Å². The van der Waals surface area contributed by atoms with E-state index >= 15 is 0 Å². The molecule has 0 spiro atoms. The molecule has 0 atom stereocenters. The van der Waals surface area contributed by atoms with Crippen molar-refractivity contribution < 1.29 is 4.79 Å². The van der Waals surface area contributed by atoms with Crippen molar-refractivity contribution in [3.05, 3.63) is 71.4 Å². The van der Waals surface area contributed by atoms with Crippen LogP contribution >= 0.6 is 0 Å². The van der Waals surface area contributed by atoms with E-state index in [2.05, 4.69) is 36.5 Å². The van der Waals surface area contributed by atoms with E-state index in [4.69, 9.17) is 0 Å². The Morgan fingerprint density at radius 2 is 1.83 bits per heavy atom. The summed E-state index contributed by atoms with van der Waals surface area (Å²) in [5.41, 5.74) is 6.45. The molecule has 3 rings (SSSR count). The van der Waals surface area contributed by atoms with Crippen LogP contribution in [0.2, 0.25) is 0 Å². The lowest BCUT2D eigenvalue weighted by Crippen LogP contribution is -2.20. The van der Waals surface area contributed by atoms with E-state index in [9.17, 15) is 4.79 Å². The van der Waals surface area contributed by atoms with Gasteiger partial charge in [0.05, 0.1) is 6.21 Å². The highest BCUT2D eigenvalue weighted by atomic mass is 16.2. The quantitative estimate of drug-likeness (QED) is 0.572. The van der Waals surface area contributed by atoms with Crippen molar-refractivity contribution in [2.45, 2.75) is 19.8 Å². The zero-order valence-corrected chi connectivity index (χ0v) is 14.2. The molecule has 0 aliphatic rings. The van der Waals surface area contributed by atoms with Crippen molar-refractivity contribution in [3.8, 4) is 0 Å². The Hall–Kier alpha value is -2.88. The Morgan fingerprint density at radius 3 is 2.50 bits per heavy atom. The predicted octanol–water partition coefficient (Wildman–Crippen LogP) is 4.07. The Bertz CT molecular complexity index is 889. The van der Waals surface area contributed by atoms with E-state index in [1.54, 1.807) is 6.21 Å². The number of aromatic nitrogens is 1. The van der Waals surface area contributed by atoms with Crippen molar-refractivity contribution in [2.75, 3.05) is 0 Å². The lowest BCUT2D eigenvalue weighted by molar-refractivity contribution is 0.0947. The number of rotatable bonds is 4. The largest absolute Gasteiger partial charge is 0.340 e. The first kappa shape index (κ1) is 16.0. The maximum Gasteiger partial charge on any atom is 0.287 e. The second kappa shape index (κ2) is 6.71. The highest BCUT2D eigenvalue weighted by molar-refractivity contribution is 5.99. The normalized spacial score (nSPS) is 11.5. The fourth-order valence-electron chi connectivity index (χ4n) is 2.70. The average molecular weight is 319 g/mol. The fraction of sp³-hybridized carbons (Fsp3) is 0.200. The van der Waals surface area contributed by atoms with Crippen LogP contribution < -0.4 is 5.43 Å². The highest BCUT2D eigenvalue weighted by Crippen LogP contribution is 2.18. The number of aryl methyl sites for hydroxylation is 1. The van der Waals surface area contributed by atoms with E-state index in [1.165, 1.54) is 5.56 Å². The SMILES string of the molecule is CC(C)c1ccc(/C=N/NC(=O)c2cc3ccccc3n2C)cc1. The maximum atomic E-state index is 12.3. The van der Waals surface area contributed by atoms with Gasteiger partial charge in [-0.15, -0.1) is 0 Å². The van der Waals surface area contributed by atoms with Gasteiger partial charge in [-0.05, 0) is 29.2 Å². The molecule has 0 bridgehead atoms. The molecule has 24 heavy (non-hydrogen) atoms. The number of hydrazone groups is 1. The van der Waals surface area contributed by atoms with Gasteiger partial charge in [-0.25, -0.2) is 5.43 Å². The molecular formula is C20H21N3O. The standard InChI is InChI=1S/C20H21N3O/c1-14(2)16-10-8-15(9-11-16)13-21-22-20(24)19-12-17-6-4-5-7-18(17)23(19)3/h4-14H,1-3H3,(H,22,24)/b21-13+. The molecule has 4 nitrogen and oxygen atoms in total. The van der Waals surface area contributed by atoms with Crippen LogP contribution in [0.1, 0.15) is 41.4 Å². The molecule has 1 amide bonds. The van der Waals surface area contributed by atoms with Crippen LogP contribution in [-0.4, -0.2) is 16.7 Å². The average Bonchev–Trinajstić information content (AvgIpc) is 2.93. The summed E-state index contributed by atoms with van der Waals surface area (Å²) in [6.45, 7) is 4.32. The molecule has 1 heterocycles. The lowest BCUT2D eigenvalue weighted by Gasteiger charge is -2.04. The van der Waals surface area contributed by atoms with E-state index in [0.29, 0.717) is 11.6 Å². The number of carbonyl (C=O) groups excluding carboxylic acids is 1. The van der Waals surface area contributed by atoms with Gasteiger partial charge in [0.25, 0.3) is 5.91 Å². The molecule has 0 fully saturated rings.